The summed E-state index contributed by atoms with van der Waals surface area (Å²) in [6.45, 7) is 7.95. The fourth-order valence-electron chi connectivity index (χ4n) is 1.82. The smallest absolute Gasteiger partial charge is 0.230 e. The quantitative estimate of drug-likeness (QED) is 0.727. The molecule has 0 aliphatic carbocycles. The van der Waals surface area contributed by atoms with E-state index in [1.165, 1.54) is 0 Å². The van der Waals surface area contributed by atoms with Crippen molar-refractivity contribution in [1.29, 1.82) is 0 Å². The summed E-state index contributed by atoms with van der Waals surface area (Å²) < 4.78 is 5.38. The molecule has 1 saturated heterocycles. The van der Waals surface area contributed by atoms with E-state index >= 15 is 0 Å². The Labute approximate surface area is 84.8 Å². The van der Waals surface area contributed by atoms with Crippen LogP contribution in [0.4, 0.5) is 0 Å². The van der Waals surface area contributed by atoms with Crippen molar-refractivity contribution >= 4 is 5.91 Å². The van der Waals surface area contributed by atoms with Crippen molar-refractivity contribution in [1.82, 2.24) is 4.90 Å². The van der Waals surface area contributed by atoms with Crippen LogP contribution in [0.1, 0.15) is 27.7 Å². The Morgan fingerprint density at radius 3 is 2.57 bits per heavy atom. The molecule has 0 unspecified atom stereocenters. The average Bonchev–Trinajstić information content (AvgIpc) is 2.32. The topological polar surface area (TPSA) is 49.8 Å². The minimum absolute atomic E-state index is 0.0223. The summed E-state index contributed by atoms with van der Waals surface area (Å²) in [6.07, 6.45) is -1.17. The zero-order valence-electron chi connectivity index (χ0n) is 9.23. The first kappa shape index (κ1) is 11.5. The Bertz CT molecular complexity index is 217. The van der Waals surface area contributed by atoms with Gasteiger partial charge in [0.25, 0.3) is 0 Å². The van der Waals surface area contributed by atoms with E-state index in [1.54, 1.807) is 11.8 Å². The van der Waals surface area contributed by atoms with Crippen molar-refractivity contribution in [2.24, 2.45) is 5.92 Å². The number of carbonyl (C=O) groups excluding carboxylic acids is 1. The fourth-order valence-corrected chi connectivity index (χ4v) is 1.82. The second-order valence-corrected chi connectivity index (χ2v) is 3.96. The number of hydrogen-bond acceptors (Lipinski definition) is 3. The maximum atomic E-state index is 11.7. The second kappa shape index (κ2) is 4.28. The van der Waals surface area contributed by atoms with Crippen LogP contribution < -0.4 is 0 Å². The predicted octanol–water partition coefficient (Wildman–Crippen LogP) is 0.597. The summed E-state index contributed by atoms with van der Waals surface area (Å²) >= 11 is 0. The van der Waals surface area contributed by atoms with Gasteiger partial charge in [-0.2, -0.15) is 0 Å². The molecule has 0 saturated carbocycles. The highest BCUT2D eigenvalue weighted by molar-refractivity contribution is 5.82. The molecule has 3 atom stereocenters. The van der Waals surface area contributed by atoms with Gasteiger partial charge >= 0.3 is 0 Å². The molecule has 4 nitrogen and oxygen atoms in total. The van der Waals surface area contributed by atoms with Gasteiger partial charge in [-0.25, -0.2) is 0 Å². The molecule has 0 bridgehead atoms. The van der Waals surface area contributed by atoms with Gasteiger partial charge in [0, 0.05) is 12.6 Å². The third-order valence-electron chi connectivity index (χ3n) is 2.62. The third kappa shape index (κ3) is 1.77. The van der Waals surface area contributed by atoms with Gasteiger partial charge < -0.3 is 14.7 Å². The molecule has 0 aromatic rings. The lowest BCUT2D eigenvalue weighted by Crippen LogP contribution is -2.43. The number of ether oxygens (including phenoxy) is 1. The standard InChI is InChI=1S/C10H19NO3/c1-5-14-10-8(12)7(4)9(13)11(10)6(2)3/h6-8,10,12H,5H2,1-4H3/t7-,8-,10-/m0/s1. The van der Waals surface area contributed by atoms with Crippen LogP contribution in [0.2, 0.25) is 0 Å². The Morgan fingerprint density at radius 2 is 2.14 bits per heavy atom. The number of nitrogens with zero attached hydrogens (tertiary/aromatic N) is 1. The van der Waals surface area contributed by atoms with E-state index in [0.29, 0.717) is 6.61 Å². The summed E-state index contributed by atoms with van der Waals surface area (Å²) in [5.74, 6) is -0.375. The SMILES string of the molecule is CCO[C@H]1[C@@H](O)[C@H](C)C(=O)N1C(C)C. The Hall–Kier alpha value is -0.610. The molecule has 1 aliphatic rings. The van der Waals surface area contributed by atoms with E-state index in [4.69, 9.17) is 4.74 Å². The summed E-state index contributed by atoms with van der Waals surface area (Å²) in [6, 6.07) is 0.0682. The van der Waals surface area contributed by atoms with Gasteiger partial charge in [-0.1, -0.05) is 6.92 Å². The highest BCUT2D eigenvalue weighted by Gasteiger charge is 2.46. The van der Waals surface area contributed by atoms with Crippen molar-refractivity contribution in [2.45, 2.75) is 46.1 Å². The maximum Gasteiger partial charge on any atom is 0.230 e. The lowest BCUT2D eigenvalue weighted by atomic mass is 10.1. The van der Waals surface area contributed by atoms with Crippen molar-refractivity contribution in [3.05, 3.63) is 0 Å². The van der Waals surface area contributed by atoms with Gasteiger partial charge in [0.1, 0.15) is 6.10 Å². The van der Waals surface area contributed by atoms with Gasteiger partial charge in [-0.15, -0.1) is 0 Å². The van der Waals surface area contributed by atoms with Crippen molar-refractivity contribution < 1.29 is 14.6 Å². The lowest BCUT2D eigenvalue weighted by Gasteiger charge is -2.29. The molecule has 1 heterocycles. The van der Waals surface area contributed by atoms with Crippen molar-refractivity contribution in [3.63, 3.8) is 0 Å². The van der Waals surface area contributed by atoms with E-state index in [-0.39, 0.29) is 17.9 Å². The van der Waals surface area contributed by atoms with Crippen LogP contribution in [0.3, 0.4) is 0 Å². The largest absolute Gasteiger partial charge is 0.388 e. The molecule has 0 spiro atoms. The van der Waals surface area contributed by atoms with E-state index < -0.39 is 12.3 Å². The predicted molar refractivity (Wildman–Crippen MR) is 52.6 cm³/mol. The summed E-state index contributed by atoms with van der Waals surface area (Å²) in [7, 11) is 0. The first-order chi connectivity index (χ1) is 6.50. The fraction of sp³-hybridized carbons (Fsp3) is 0.900. The van der Waals surface area contributed by atoms with Crippen LogP contribution >= 0.6 is 0 Å². The zero-order valence-corrected chi connectivity index (χ0v) is 9.23. The van der Waals surface area contributed by atoms with Crippen LogP contribution in [0.15, 0.2) is 0 Å². The second-order valence-electron chi connectivity index (χ2n) is 3.96. The van der Waals surface area contributed by atoms with Crippen LogP contribution in [-0.4, -0.2) is 40.9 Å². The Kier molecular flexibility index (Phi) is 3.50. The number of amides is 1. The number of rotatable bonds is 3. The van der Waals surface area contributed by atoms with Gasteiger partial charge in [0.15, 0.2) is 6.23 Å². The molecule has 1 aliphatic heterocycles. The lowest BCUT2D eigenvalue weighted by molar-refractivity contribution is -0.142. The zero-order chi connectivity index (χ0) is 10.9. The average molecular weight is 201 g/mol. The number of hydrogen-bond donors (Lipinski definition) is 1. The summed E-state index contributed by atoms with van der Waals surface area (Å²) in [5.41, 5.74) is 0. The number of likely N-dealkylation sites (tertiary alicyclic amines) is 1. The third-order valence-corrected chi connectivity index (χ3v) is 2.62. The number of carbonyl (C=O) groups is 1. The monoisotopic (exact) mass is 201 g/mol. The maximum absolute atomic E-state index is 11.7. The molecular weight excluding hydrogens is 182 g/mol. The molecular formula is C10H19NO3. The first-order valence-corrected chi connectivity index (χ1v) is 5.12. The molecule has 14 heavy (non-hydrogen) atoms. The van der Waals surface area contributed by atoms with Gasteiger partial charge in [-0.3, -0.25) is 4.79 Å². The normalized spacial score (nSPS) is 33.1. The first-order valence-electron chi connectivity index (χ1n) is 5.12. The van der Waals surface area contributed by atoms with E-state index in [1.807, 2.05) is 20.8 Å². The van der Waals surface area contributed by atoms with Crippen LogP contribution in [0, 0.1) is 5.92 Å². The molecule has 4 heteroatoms. The number of aliphatic hydroxyl groups excluding tert-OH is 1. The molecule has 0 aromatic heterocycles. The molecule has 0 aromatic carbocycles. The van der Waals surface area contributed by atoms with E-state index in [0.717, 1.165) is 0 Å². The van der Waals surface area contributed by atoms with E-state index in [2.05, 4.69) is 0 Å². The Morgan fingerprint density at radius 1 is 1.57 bits per heavy atom. The minimum atomic E-state index is -0.704. The number of aliphatic hydroxyl groups is 1. The highest BCUT2D eigenvalue weighted by atomic mass is 16.5. The van der Waals surface area contributed by atoms with Crippen molar-refractivity contribution in [2.75, 3.05) is 6.61 Å². The molecule has 1 N–H and O–H groups in total. The molecule has 1 rings (SSSR count). The molecule has 82 valence electrons. The van der Waals surface area contributed by atoms with Crippen LogP contribution in [0.25, 0.3) is 0 Å². The summed E-state index contributed by atoms with van der Waals surface area (Å²) in [5, 5.41) is 9.79. The summed E-state index contributed by atoms with van der Waals surface area (Å²) in [4.78, 5) is 13.4. The Balaban J connectivity index is 2.83. The minimum Gasteiger partial charge on any atom is -0.388 e. The van der Waals surface area contributed by atoms with Gasteiger partial charge in [-0.05, 0) is 20.8 Å². The van der Waals surface area contributed by atoms with Gasteiger partial charge in [0.05, 0.1) is 5.92 Å². The van der Waals surface area contributed by atoms with Gasteiger partial charge in [0.2, 0.25) is 5.91 Å². The molecule has 1 fully saturated rings. The van der Waals surface area contributed by atoms with Crippen LogP contribution in [-0.2, 0) is 9.53 Å². The highest BCUT2D eigenvalue weighted by Crippen LogP contribution is 2.27. The molecule has 0 radical (unpaired) electrons. The van der Waals surface area contributed by atoms with E-state index in [9.17, 15) is 9.90 Å². The van der Waals surface area contributed by atoms with Crippen molar-refractivity contribution in [3.8, 4) is 0 Å². The molecule has 1 amide bonds. The van der Waals surface area contributed by atoms with Crippen LogP contribution in [0.5, 0.6) is 0 Å².